The van der Waals surface area contributed by atoms with E-state index >= 15 is 0 Å². The summed E-state index contributed by atoms with van der Waals surface area (Å²) in [6.07, 6.45) is 4.04. The van der Waals surface area contributed by atoms with Crippen LogP contribution in [-0.4, -0.2) is 29.1 Å². The summed E-state index contributed by atoms with van der Waals surface area (Å²) in [6.45, 7) is 2.96. The molecule has 1 aliphatic heterocycles. The number of likely N-dealkylation sites (tertiary alicyclic amines) is 1. The summed E-state index contributed by atoms with van der Waals surface area (Å²) in [5, 5.41) is 4.18. The van der Waals surface area contributed by atoms with Crippen molar-refractivity contribution in [3.8, 4) is 5.75 Å². The summed E-state index contributed by atoms with van der Waals surface area (Å²) in [5.41, 5.74) is 1.28. The Bertz CT molecular complexity index is 1210. The molecule has 146 valence electrons. The van der Waals surface area contributed by atoms with Gasteiger partial charge in [0.25, 0.3) is 5.56 Å². The molecule has 5 rings (SSSR count). The minimum Gasteiger partial charge on any atom is -0.489 e. The Kier molecular flexibility index (Phi) is 4.78. The highest BCUT2D eigenvalue weighted by Gasteiger charge is 2.21. The van der Waals surface area contributed by atoms with E-state index in [1.54, 1.807) is 6.20 Å². The number of pyridine rings is 1. The number of nitrogens with zero attached hydrogens (tertiary/aromatic N) is 1. The second kappa shape index (κ2) is 7.72. The van der Waals surface area contributed by atoms with Gasteiger partial charge in [-0.1, -0.05) is 36.4 Å². The van der Waals surface area contributed by atoms with E-state index in [1.807, 2.05) is 24.3 Å². The second-order valence-corrected chi connectivity index (χ2v) is 7.85. The first-order valence-corrected chi connectivity index (χ1v) is 10.2. The molecule has 0 spiro atoms. The van der Waals surface area contributed by atoms with Crippen LogP contribution in [0.3, 0.4) is 0 Å². The first-order valence-electron chi connectivity index (χ1n) is 10.2. The fourth-order valence-electron chi connectivity index (χ4n) is 4.28. The van der Waals surface area contributed by atoms with Crippen molar-refractivity contribution in [2.45, 2.75) is 25.5 Å². The molecule has 29 heavy (non-hydrogen) atoms. The monoisotopic (exact) mass is 384 g/mol. The van der Waals surface area contributed by atoms with Crippen LogP contribution in [0.2, 0.25) is 0 Å². The summed E-state index contributed by atoms with van der Waals surface area (Å²) in [7, 11) is 0. The first-order chi connectivity index (χ1) is 14.2. The third-order valence-electron chi connectivity index (χ3n) is 5.73. The van der Waals surface area contributed by atoms with Crippen molar-refractivity contribution in [2.24, 2.45) is 0 Å². The van der Waals surface area contributed by atoms with Gasteiger partial charge < -0.3 is 9.72 Å². The van der Waals surface area contributed by atoms with E-state index in [1.165, 1.54) is 16.3 Å². The van der Waals surface area contributed by atoms with Gasteiger partial charge in [0.15, 0.2) is 0 Å². The zero-order valence-electron chi connectivity index (χ0n) is 16.3. The van der Waals surface area contributed by atoms with Crippen molar-refractivity contribution in [1.82, 2.24) is 9.88 Å². The zero-order valence-corrected chi connectivity index (χ0v) is 16.3. The molecule has 1 aromatic heterocycles. The number of aromatic amines is 1. The molecule has 0 aliphatic carbocycles. The van der Waals surface area contributed by atoms with E-state index in [-0.39, 0.29) is 11.7 Å². The molecular weight excluding hydrogens is 360 g/mol. The predicted molar refractivity (Wildman–Crippen MR) is 117 cm³/mol. The van der Waals surface area contributed by atoms with Crippen LogP contribution in [0, 0.1) is 0 Å². The number of aromatic nitrogens is 1. The van der Waals surface area contributed by atoms with Crippen molar-refractivity contribution in [3.05, 3.63) is 88.8 Å². The Hall–Kier alpha value is -3.11. The highest BCUT2D eigenvalue weighted by Crippen LogP contribution is 2.23. The molecule has 1 atom stereocenters. The fraction of sp³-hybridized carbons (Fsp3) is 0.240. The molecule has 1 fully saturated rings. The highest BCUT2D eigenvalue weighted by atomic mass is 16.5. The third-order valence-corrected chi connectivity index (χ3v) is 5.73. The smallest absolute Gasteiger partial charge is 0.255 e. The molecule has 4 nitrogen and oxygen atoms in total. The van der Waals surface area contributed by atoms with Gasteiger partial charge in [-0.15, -0.1) is 0 Å². The lowest BCUT2D eigenvalue weighted by Gasteiger charge is -2.33. The fourth-order valence-corrected chi connectivity index (χ4v) is 4.28. The number of ether oxygens (including phenoxy) is 1. The molecule has 0 bridgehead atoms. The molecule has 1 unspecified atom stereocenters. The van der Waals surface area contributed by atoms with Crippen LogP contribution in [0.4, 0.5) is 0 Å². The summed E-state index contributed by atoms with van der Waals surface area (Å²) in [5.74, 6) is 0.834. The average Bonchev–Trinajstić information content (AvgIpc) is 2.74. The Balaban J connectivity index is 1.28. The number of rotatable bonds is 4. The van der Waals surface area contributed by atoms with E-state index in [9.17, 15) is 4.79 Å². The Morgan fingerprint density at radius 2 is 1.86 bits per heavy atom. The highest BCUT2D eigenvalue weighted by molar-refractivity contribution is 5.83. The molecule has 3 aromatic carbocycles. The lowest BCUT2D eigenvalue weighted by atomic mass is 10.0. The largest absolute Gasteiger partial charge is 0.489 e. The number of benzene rings is 3. The maximum atomic E-state index is 11.9. The van der Waals surface area contributed by atoms with E-state index in [2.05, 4.69) is 52.3 Å². The van der Waals surface area contributed by atoms with Crippen LogP contribution >= 0.6 is 0 Å². The van der Waals surface area contributed by atoms with Crippen molar-refractivity contribution >= 4 is 21.5 Å². The van der Waals surface area contributed by atoms with Crippen LogP contribution in [0.1, 0.15) is 18.4 Å². The first kappa shape index (κ1) is 18.0. The average molecular weight is 384 g/mol. The molecular formula is C25H24N2O2. The summed E-state index contributed by atoms with van der Waals surface area (Å²) in [6, 6.07) is 22.9. The lowest BCUT2D eigenvalue weighted by Crippen LogP contribution is -2.40. The molecule has 1 N–H and O–H groups in total. The van der Waals surface area contributed by atoms with Crippen LogP contribution in [0.15, 0.2) is 77.7 Å². The Morgan fingerprint density at radius 1 is 0.966 bits per heavy atom. The topological polar surface area (TPSA) is 45.3 Å². The summed E-state index contributed by atoms with van der Waals surface area (Å²) in [4.78, 5) is 17.1. The van der Waals surface area contributed by atoms with Gasteiger partial charge in [-0.3, -0.25) is 9.69 Å². The number of piperidine rings is 1. The summed E-state index contributed by atoms with van der Waals surface area (Å²) < 4.78 is 6.29. The summed E-state index contributed by atoms with van der Waals surface area (Å²) >= 11 is 0. The molecule has 4 aromatic rings. The molecule has 2 heterocycles. The minimum absolute atomic E-state index is 0.0618. The van der Waals surface area contributed by atoms with Gasteiger partial charge in [-0.25, -0.2) is 0 Å². The van der Waals surface area contributed by atoms with Gasteiger partial charge in [0.1, 0.15) is 11.9 Å². The van der Waals surface area contributed by atoms with Gasteiger partial charge in [-0.2, -0.15) is 0 Å². The predicted octanol–water partition coefficient (Wildman–Crippen LogP) is 4.72. The minimum atomic E-state index is -0.0618. The van der Waals surface area contributed by atoms with Crippen molar-refractivity contribution in [2.75, 3.05) is 13.1 Å². The van der Waals surface area contributed by atoms with Gasteiger partial charge >= 0.3 is 0 Å². The Morgan fingerprint density at radius 3 is 2.79 bits per heavy atom. The SMILES string of the molecule is O=c1[nH]ccc2cc(OC3CCCN(Cc4ccc5ccccc5c4)C3)ccc12. The van der Waals surface area contributed by atoms with Crippen LogP contribution < -0.4 is 10.3 Å². The number of fused-ring (bicyclic) bond motifs is 2. The van der Waals surface area contributed by atoms with Gasteiger partial charge in [-0.05, 0) is 71.4 Å². The normalized spacial score (nSPS) is 17.6. The molecule has 4 heteroatoms. The number of H-pyrrole nitrogens is 1. The standard InChI is InChI=1S/C25H24N2O2/c28-25-24-10-9-22(15-21(24)11-12-26-25)29-23-6-3-13-27(17-23)16-18-7-8-19-4-1-2-5-20(19)14-18/h1-2,4-5,7-12,14-15,23H,3,6,13,16-17H2,(H,26,28). The van der Waals surface area contributed by atoms with E-state index < -0.39 is 0 Å². The molecule has 0 saturated carbocycles. The van der Waals surface area contributed by atoms with Gasteiger partial charge in [0.05, 0.1) is 0 Å². The van der Waals surface area contributed by atoms with Crippen LogP contribution in [-0.2, 0) is 6.54 Å². The van der Waals surface area contributed by atoms with Gasteiger partial charge in [0.2, 0.25) is 0 Å². The van der Waals surface area contributed by atoms with E-state index in [4.69, 9.17) is 4.74 Å². The Labute approximate surface area is 169 Å². The molecule has 1 aliphatic rings. The third kappa shape index (κ3) is 3.89. The molecule has 0 amide bonds. The zero-order chi connectivity index (χ0) is 19.6. The van der Waals surface area contributed by atoms with Crippen molar-refractivity contribution < 1.29 is 4.74 Å². The van der Waals surface area contributed by atoms with Crippen molar-refractivity contribution in [3.63, 3.8) is 0 Å². The number of nitrogens with one attached hydrogen (secondary N) is 1. The number of hydrogen-bond donors (Lipinski definition) is 1. The maximum Gasteiger partial charge on any atom is 0.255 e. The van der Waals surface area contributed by atoms with Crippen LogP contribution in [0.25, 0.3) is 21.5 Å². The van der Waals surface area contributed by atoms with E-state index in [0.717, 1.165) is 43.6 Å². The molecule has 1 saturated heterocycles. The maximum absolute atomic E-state index is 11.9. The van der Waals surface area contributed by atoms with Crippen LogP contribution in [0.5, 0.6) is 5.75 Å². The lowest BCUT2D eigenvalue weighted by molar-refractivity contribution is 0.0844. The second-order valence-electron chi connectivity index (χ2n) is 7.85. The molecule has 0 radical (unpaired) electrons. The quantitative estimate of drug-likeness (QED) is 0.553. The van der Waals surface area contributed by atoms with E-state index in [0.29, 0.717) is 5.39 Å². The van der Waals surface area contributed by atoms with Crippen molar-refractivity contribution in [1.29, 1.82) is 0 Å². The number of hydrogen-bond acceptors (Lipinski definition) is 3. The van der Waals surface area contributed by atoms with Gasteiger partial charge in [0, 0.05) is 24.7 Å².